The number of amides is 2. The minimum absolute atomic E-state index is 0.120. The SMILES string of the molecule is C[C@H]1CCC[C@H](C)N1c1nc2c(c(=O)[nH]1)[C@@H](C(=O)Nc1ccc(F)cc1)CC(=O)N2. The summed E-state index contributed by atoms with van der Waals surface area (Å²) in [5.41, 5.74) is 0.0698. The van der Waals surface area contributed by atoms with Crippen molar-refractivity contribution in [3.63, 3.8) is 0 Å². The zero-order valence-corrected chi connectivity index (χ0v) is 16.9. The molecule has 0 radical (unpaired) electrons. The highest BCUT2D eigenvalue weighted by atomic mass is 19.1. The molecule has 1 saturated heterocycles. The second-order valence-electron chi connectivity index (χ2n) is 7.99. The Morgan fingerprint density at radius 3 is 2.50 bits per heavy atom. The van der Waals surface area contributed by atoms with E-state index < -0.39 is 23.2 Å². The lowest BCUT2D eigenvalue weighted by Crippen LogP contribution is -2.46. The van der Waals surface area contributed by atoms with Gasteiger partial charge in [0.1, 0.15) is 11.6 Å². The fraction of sp³-hybridized carbons (Fsp3) is 0.429. The molecule has 30 heavy (non-hydrogen) atoms. The number of nitrogens with zero attached hydrogens (tertiary/aromatic N) is 2. The standard InChI is InChI=1S/C21H24FN5O3/c1-11-4-3-5-12(2)27(11)21-25-18-17(20(30)26-21)15(10-16(28)24-18)19(29)23-14-8-6-13(22)7-9-14/h6-9,11-12,15H,3-5,10H2,1-2H3,(H,23,29)(H2,24,25,26,28,30)/t11-,12-,15-/m0/s1. The molecule has 0 saturated carbocycles. The highest BCUT2D eigenvalue weighted by Gasteiger charge is 2.36. The average molecular weight is 413 g/mol. The first kappa shape index (κ1) is 20.1. The van der Waals surface area contributed by atoms with Crippen molar-refractivity contribution >= 4 is 29.3 Å². The number of halogens is 1. The summed E-state index contributed by atoms with van der Waals surface area (Å²) >= 11 is 0. The Labute approximate surface area is 172 Å². The topological polar surface area (TPSA) is 107 Å². The van der Waals surface area contributed by atoms with Crippen LogP contribution in [0.25, 0.3) is 0 Å². The van der Waals surface area contributed by atoms with Crippen molar-refractivity contribution < 1.29 is 14.0 Å². The third-order valence-corrected chi connectivity index (χ3v) is 5.80. The second kappa shape index (κ2) is 7.89. The lowest BCUT2D eigenvalue weighted by molar-refractivity contribution is -0.123. The van der Waals surface area contributed by atoms with Gasteiger partial charge in [-0.25, -0.2) is 4.39 Å². The number of carbonyl (C=O) groups is 2. The van der Waals surface area contributed by atoms with Gasteiger partial charge in [0.15, 0.2) is 0 Å². The lowest BCUT2D eigenvalue weighted by atomic mass is 9.92. The van der Waals surface area contributed by atoms with Gasteiger partial charge in [0.2, 0.25) is 17.8 Å². The number of aromatic nitrogens is 2. The number of fused-ring (bicyclic) bond motifs is 1. The van der Waals surface area contributed by atoms with Crippen LogP contribution in [0, 0.1) is 5.82 Å². The van der Waals surface area contributed by atoms with E-state index in [4.69, 9.17) is 0 Å². The normalized spacial score (nSPS) is 23.5. The fourth-order valence-corrected chi connectivity index (χ4v) is 4.31. The summed E-state index contributed by atoms with van der Waals surface area (Å²) in [5.74, 6) is -1.79. The Hall–Kier alpha value is -3.23. The fourth-order valence-electron chi connectivity index (χ4n) is 4.31. The zero-order valence-electron chi connectivity index (χ0n) is 16.9. The molecule has 3 N–H and O–H groups in total. The van der Waals surface area contributed by atoms with Gasteiger partial charge >= 0.3 is 0 Å². The van der Waals surface area contributed by atoms with Crippen LogP contribution in [0.4, 0.5) is 21.8 Å². The number of carbonyl (C=O) groups excluding carboxylic acids is 2. The maximum absolute atomic E-state index is 13.1. The van der Waals surface area contributed by atoms with Crippen LogP contribution < -0.4 is 21.1 Å². The van der Waals surface area contributed by atoms with E-state index in [2.05, 4.69) is 39.3 Å². The van der Waals surface area contributed by atoms with Crippen molar-refractivity contribution in [3.05, 3.63) is 46.0 Å². The summed E-state index contributed by atoms with van der Waals surface area (Å²) in [4.78, 5) is 47.4. The maximum Gasteiger partial charge on any atom is 0.258 e. The average Bonchev–Trinajstić information content (AvgIpc) is 2.68. The van der Waals surface area contributed by atoms with Gasteiger partial charge in [-0.1, -0.05) is 0 Å². The molecule has 158 valence electrons. The molecule has 9 heteroatoms. The molecule has 1 aromatic carbocycles. The molecule has 2 aliphatic heterocycles. The van der Waals surface area contributed by atoms with Gasteiger partial charge in [0.25, 0.3) is 5.56 Å². The molecule has 2 amide bonds. The molecule has 1 aromatic heterocycles. The number of nitrogens with one attached hydrogen (secondary N) is 3. The summed E-state index contributed by atoms with van der Waals surface area (Å²) in [7, 11) is 0. The van der Waals surface area contributed by atoms with Gasteiger partial charge in [-0.3, -0.25) is 19.4 Å². The second-order valence-corrected chi connectivity index (χ2v) is 7.99. The molecule has 1 fully saturated rings. The van der Waals surface area contributed by atoms with E-state index in [0.717, 1.165) is 19.3 Å². The van der Waals surface area contributed by atoms with Gasteiger partial charge < -0.3 is 15.5 Å². The van der Waals surface area contributed by atoms with E-state index in [9.17, 15) is 18.8 Å². The van der Waals surface area contributed by atoms with Crippen LogP contribution in [0.1, 0.15) is 51.0 Å². The number of H-pyrrole nitrogens is 1. The van der Waals surface area contributed by atoms with E-state index in [1.807, 2.05) is 0 Å². The van der Waals surface area contributed by atoms with E-state index in [1.165, 1.54) is 24.3 Å². The van der Waals surface area contributed by atoms with Crippen LogP contribution in [0.2, 0.25) is 0 Å². The number of benzene rings is 1. The van der Waals surface area contributed by atoms with Crippen molar-refractivity contribution in [1.29, 1.82) is 0 Å². The lowest BCUT2D eigenvalue weighted by Gasteiger charge is -2.39. The highest BCUT2D eigenvalue weighted by Crippen LogP contribution is 2.32. The molecule has 0 spiro atoms. The monoisotopic (exact) mass is 413 g/mol. The largest absolute Gasteiger partial charge is 0.337 e. The molecule has 0 bridgehead atoms. The smallest absolute Gasteiger partial charge is 0.258 e. The van der Waals surface area contributed by atoms with Crippen molar-refractivity contribution in [3.8, 4) is 0 Å². The summed E-state index contributed by atoms with van der Waals surface area (Å²) in [6.45, 7) is 4.15. The van der Waals surface area contributed by atoms with E-state index >= 15 is 0 Å². The summed E-state index contributed by atoms with van der Waals surface area (Å²) < 4.78 is 13.1. The van der Waals surface area contributed by atoms with E-state index in [0.29, 0.717) is 11.6 Å². The molecule has 0 unspecified atom stereocenters. The number of piperidine rings is 1. The summed E-state index contributed by atoms with van der Waals surface area (Å²) in [5, 5.41) is 5.28. The van der Waals surface area contributed by atoms with Crippen molar-refractivity contribution in [2.45, 2.75) is 57.5 Å². The predicted molar refractivity (Wildman–Crippen MR) is 111 cm³/mol. The predicted octanol–water partition coefficient (Wildman–Crippen LogP) is 2.74. The van der Waals surface area contributed by atoms with Crippen molar-refractivity contribution in [2.75, 3.05) is 15.5 Å². The van der Waals surface area contributed by atoms with Gasteiger partial charge in [-0.2, -0.15) is 4.98 Å². The van der Waals surface area contributed by atoms with E-state index in [-0.39, 0.29) is 35.8 Å². The highest BCUT2D eigenvalue weighted by molar-refractivity contribution is 6.04. The first-order chi connectivity index (χ1) is 14.3. The number of rotatable bonds is 3. The van der Waals surface area contributed by atoms with Crippen molar-refractivity contribution in [2.24, 2.45) is 0 Å². The number of aromatic amines is 1. The third-order valence-electron chi connectivity index (χ3n) is 5.80. The van der Waals surface area contributed by atoms with Crippen LogP contribution in [-0.2, 0) is 9.59 Å². The molecule has 8 nitrogen and oxygen atoms in total. The Balaban J connectivity index is 1.67. The summed E-state index contributed by atoms with van der Waals surface area (Å²) in [6.07, 6.45) is 2.91. The van der Waals surface area contributed by atoms with Crippen LogP contribution in [0.5, 0.6) is 0 Å². The Morgan fingerprint density at radius 1 is 1.17 bits per heavy atom. The minimum atomic E-state index is -0.986. The van der Waals surface area contributed by atoms with Gasteiger partial charge in [0, 0.05) is 24.2 Å². The van der Waals surface area contributed by atoms with Crippen LogP contribution in [0.15, 0.2) is 29.1 Å². The number of anilines is 3. The van der Waals surface area contributed by atoms with Gasteiger partial charge in [0.05, 0.1) is 11.5 Å². The van der Waals surface area contributed by atoms with Crippen LogP contribution >= 0.6 is 0 Å². The van der Waals surface area contributed by atoms with Gasteiger partial charge in [-0.15, -0.1) is 0 Å². The quantitative estimate of drug-likeness (QED) is 0.717. The number of hydrogen-bond donors (Lipinski definition) is 3. The molecule has 3 heterocycles. The molecule has 3 atom stereocenters. The van der Waals surface area contributed by atoms with Crippen molar-refractivity contribution in [1.82, 2.24) is 9.97 Å². The Kier molecular flexibility index (Phi) is 5.27. The number of hydrogen-bond acceptors (Lipinski definition) is 5. The van der Waals surface area contributed by atoms with Crippen LogP contribution in [0.3, 0.4) is 0 Å². The molecule has 2 aromatic rings. The third kappa shape index (κ3) is 3.79. The first-order valence-corrected chi connectivity index (χ1v) is 10.1. The molecule has 2 aliphatic rings. The van der Waals surface area contributed by atoms with Crippen LogP contribution in [-0.4, -0.2) is 33.9 Å². The van der Waals surface area contributed by atoms with Gasteiger partial charge in [-0.05, 0) is 57.4 Å². The molecule has 4 rings (SSSR count). The molecular formula is C21H24FN5O3. The Morgan fingerprint density at radius 2 is 1.83 bits per heavy atom. The Bertz CT molecular complexity index is 1030. The first-order valence-electron chi connectivity index (χ1n) is 10.1. The zero-order chi connectivity index (χ0) is 21.4. The maximum atomic E-state index is 13.1. The molecular weight excluding hydrogens is 389 g/mol. The minimum Gasteiger partial charge on any atom is -0.337 e. The molecule has 0 aliphatic carbocycles. The van der Waals surface area contributed by atoms with E-state index in [1.54, 1.807) is 0 Å². The summed E-state index contributed by atoms with van der Waals surface area (Å²) in [6, 6.07) is 5.68.